The summed E-state index contributed by atoms with van der Waals surface area (Å²) in [5, 5.41) is 3.37. The molecule has 27 heavy (non-hydrogen) atoms. The summed E-state index contributed by atoms with van der Waals surface area (Å²) in [5.74, 6) is -0.342. The number of carbonyl (C=O) groups is 1. The second kappa shape index (κ2) is 9.17. The van der Waals surface area contributed by atoms with Crippen molar-refractivity contribution in [2.45, 2.75) is 25.7 Å². The zero-order chi connectivity index (χ0) is 20.0. The molecule has 0 heterocycles. The Hall–Kier alpha value is -2.15. The first-order chi connectivity index (χ1) is 12.8. The molecule has 0 fully saturated rings. The molecule has 0 aliphatic carbocycles. The maximum Gasteiger partial charge on any atom is 0.248 e. The maximum absolute atomic E-state index is 12.7. The van der Waals surface area contributed by atoms with Gasteiger partial charge in [0.2, 0.25) is 15.9 Å². The molecule has 0 aliphatic heterocycles. The third kappa shape index (κ3) is 5.42. The minimum atomic E-state index is -3.58. The summed E-state index contributed by atoms with van der Waals surface area (Å²) in [4.78, 5) is 12.4. The number of carbonyl (C=O) groups excluding carboxylic acids is 1. The summed E-state index contributed by atoms with van der Waals surface area (Å²) >= 11 is 5.84. The number of rotatable bonds is 7. The fourth-order valence-corrected chi connectivity index (χ4v) is 4.14. The SMILES string of the molecule is CCN(CC)S(=O)(=O)c1ccc(C)c(NC(=O)/C=C/c2ccc(Cl)cc2)c1. The molecule has 0 spiro atoms. The van der Waals surface area contributed by atoms with Gasteiger partial charge in [-0.2, -0.15) is 4.31 Å². The first kappa shape index (κ1) is 21.2. The molecule has 1 N–H and O–H groups in total. The summed E-state index contributed by atoms with van der Waals surface area (Å²) in [7, 11) is -3.58. The number of nitrogens with one attached hydrogen (secondary N) is 1. The Kier molecular flexibility index (Phi) is 7.18. The van der Waals surface area contributed by atoms with Gasteiger partial charge < -0.3 is 5.32 Å². The number of benzene rings is 2. The highest BCUT2D eigenvalue weighted by Crippen LogP contribution is 2.23. The fourth-order valence-electron chi connectivity index (χ4n) is 2.53. The quantitative estimate of drug-likeness (QED) is 0.696. The second-order valence-corrected chi connectivity index (χ2v) is 8.31. The topological polar surface area (TPSA) is 66.5 Å². The normalized spacial score (nSPS) is 11.9. The van der Waals surface area contributed by atoms with Gasteiger partial charge in [-0.25, -0.2) is 8.42 Å². The van der Waals surface area contributed by atoms with E-state index in [1.165, 1.54) is 16.4 Å². The van der Waals surface area contributed by atoms with Crippen LogP contribution < -0.4 is 5.32 Å². The van der Waals surface area contributed by atoms with E-state index in [9.17, 15) is 13.2 Å². The van der Waals surface area contributed by atoms with Gasteiger partial charge in [-0.1, -0.05) is 43.6 Å². The summed E-state index contributed by atoms with van der Waals surface area (Å²) < 4.78 is 26.7. The molecule has 5 nitrogen and oxygen atoms in total. The van der Waals surface area contributed by atoms with E-state index in [1.54, 1.807) is 56.3 Å². The summed E-state index contributed by atoms with van der Waals surface area (Å²) in [5.41, 5.74) is 2.08. The number of nitrogens with zero attached hydrogens (tertiary/aromatic N) is 1. The molecule has 0 saturated heterocycles. The summed E-state index contributed by atoms with van der Waals surface area (Å²) in [6, 6.07) is 11.8. The average molecular weight is 407 g/mol. The highest BCUT2D eigenvalue weighted by molar-refractivity contribution is 7.89. The van der Waals surface area contributed by atoms with Crippen molar-refractivity contribution in [3.63, 3.8) is 0 Å². The molecule has 7 heteroatoms. The Labute approximate surface area is 165 Å². The van der Waals surface area contributed by atoms with Gasteiger partial charge in [0, 0.05) is 29.9 Å². The highest BCUT2D eigenvalue weighted by Gasteiger charge is 2.22. The van der Waals surface area contributed by atoms with Gasteiger partial charge >= 0.3 is 0 Å². The Balaban J connectivity index is 2.21. The van der Waals surface area contributed by atoms with Gasteiger partial charge in [-0.3, -0.25) is 4.79 Å². The molecule has 2 aromatic rings. The number of halogens is 1. The van der Waals surface area contributed by atoms with Crippen LogP contribution in [0.1, 0.15) is 25.0 Å². The third-order valence-corrected chi connectivity index (χ3v) is 6.41. The molecule has 0 saturated carbocycles. The third-order valence-electron chi connectivity index (χ3n) is 4.11. The predicted octanol–water partition coefficient (Wildman–Crippen LogP) is 4.33. The van der Waals surface area contributed by atoms with Crippen molar-refractivity contribution in [1.82, 2.24) is 4.31 Å². The van der Waals surface area contributed by atoms with Crippen molar-refractivity contribution in [3.8, 4) is 0 Å². The first-order valence-electron chi connectivity index (χ1n) is 8.63. The van der Waals surface area contributed by atoms with E-state index < -0.39 is 10.0 Å². The highest BCUT2D eigenvalue weighted by atomic mass is 35.5. The first-order valence-corrected chi connectivity index (χ1v) is 10.4. The van der Waals surface area contributed by atoms with Gasteiger partial charge in [0.25, 0.3) is 0 Å². The van der Waals surface area contributed by atoms with E-state index in [2.05, 4.69) is 5.32 Å². The molecular formula is C20H23ClN2O3S. The van der Waals surface area contributed by atoms with Gasteiger partial charge in [0.05, 0.1) is 4.90 Å². The smallest absolute Gasteiger partial charge is 0.248 e. The lowest BCUT2D eigenvalue weighted by atomic mass is 10.2. The predicted molar refractivity (Wildman–Crippen MR) is 110 cm³/mol. The molecule has 2 rings (SSSR count). The van der Waals surface area contributed by atoms with Crippen molar-refractivity contribution < 1.29 is 13.2 Å². The van der Waals surface area contributed by atoms with E-state index in [0.29, 0.717) is 23.8 Å². The monoisotopic (exact) mass is 406 g/mol. The standard InChI is InChI=1S/C20H23ClN2O3S/c1-4-23(5-2)27(25,26)18-12-6-15(3)19(14-18)22-20(24)13-9-16-7-10-17(21)11-8-16/h6-14H,4-5H2,1-3H3,(H,22,24)/b13-9+. The second-order valence-electron chi connectivity index (χ2n) is 5.94. The lowest BCUT2D eigenvalue weighted by Crippen LogP contribution is -2.30. The Bertz CT molecular complexity index is 934. The number of aryl methyl sites for hydroxylation is 1. The van der Waals surface area contributed by atoms with Crippen LogP contribution in [0.25, 0.3) is 6.08 Å². The van der Waals surface area contributed by atoms with Crippen LogP contribution in [-0.4, -0.2) is 31.7 Å². The molecular weight excluding hydrogens is 384 g/mol. The van der Waals surface area contributed by atoms with Crippen molar-refractivity contribution >= 4 is 39.3 Å². The van der Waals surface area contributed by atoms with Crippen molar-refractivity contribution in [1.29, 1.82) is 0 Å². The molecule has 144 valence electrons. The van der Waals surface area contributed by atoms with Crippen LogP contribution in [0.5, 0.6) is 0 Å². The van der Waals surface area contributed by atoms with Gasteiger partial charge in [-0.05, 0) is 48.4 Å². The average Bonchev–Trinajstić information content (AvgIpc) is 2.63. The number of hydrogen-bond acceptors (Lipinski definition) is 3. The van der Waals surface area contributed by atoms with Crippen molar-refractivity contribution in [3.05, 3.63) is 64.7 Å². The Morgan fingerprint density at radius 1 is 1.11 bits per heavy atom. The minimum Gasteiger partial charge on any atom is -0.322 e. The molecule has 0 unspecified atom stereocenters. The molecule has 0 aliphatic rings. The van der Waals surface area contributed by atoms with Crippen LogP contribution in [0.4, 0.5) is 5.69 Å². The number of hydrogen-bond donors (Lipinski definition) is 1. The summed E-state index contributed by atoms with van der Waals surface area (Å²) in [6.45, 7) is 6.17. The number of sulfonamides is 1. The van der Waals surface area contributed by atoms with Gasteiger partial charge in [0.15, 0.2) is 0 Å². The summed E-state index contributed by atoms with van der Waals surface area (Å²) in [6.07, 6.45) is 3.06. The van der Waals surface area contributed by atoms with Crippen LogP contribution >= 0.6 is 11.6 Å². The minimum absolute atomic E-state index is 0.161. The van der Waals surface area contributed by atoms with Crippen molar-refractivity contribution in [2.75, 3.05) is 18.4 Å². The lowest BCUT2D eigenvalue weighted by molar-refractivity contribution is -0.111. The maximum atomic E-state index is 12.7. The van der Waals surface area contributed by atoms with E-state index in [1.807, 2.05) is 6.92 Å². The van der Waals surface area contributed by atoms with Gasteiger partial charge in [-0.15, -0.1) is 0 Å². The number of amides is 1. The molecule has 0 aromatic heterocycles. The zero-order valence-corrected chi connectivity index (χ0v) is 17.1. The van der Waals surface area contributed by atoms with Crippen molar-refractivity contribution in [2.24, 2.45) is 0 Å². The molecule has 0 atom stereocenters. The molecule has 2 aromatic carbocycles. The van der Waals surface area contributed by atoms with Crippen LogP contribution in [0.15, 0.2) is 53.4 Å². The zero-order valence-electron chi connectivity index (χ0n) is 15.6. The molecule has 0 radical (unpaired) electrons. The van der Waals surface area contributed by atoms with Gasteiger partial charge in [0.1, 0.15) is 0 Å². The van der Waals surface area contributed by atoms with Crippen LogP contribution in [0.3, 0.4) is 0 Å². The fraction of sp³-hybridized carbons (Fsp3) is 0.250. The van der Waals surface area contributed by atoms with Crippen LogP contribution in [-0.2, 0) is 14.8 Å². The van der Waals surface area contributed by atoms with E-state index in [-0.39, 0.29) is 10.8 Å². The Morgan fingerprint density at radius 3 is 2.33 bits per heavy atom. The molecule has 1 amide bonds. The van der Waals surface area contributed by atoms with E-state index in [0.717, 1.165) is 11.1 Å². The lowest BCUT2D eigenvalue weighted by Gasteiger charge is -2.19. The van der Waals surface area contributed by atoms with E-state index >= 15 is 0 Å². The largest absolute Gasteiger partial charge is 0.322 e. The van der Waals surface area contributed by atoms with E-state index in [4.69, 9.17) is 11.6 Å². The number of anilines is 1. The molecule has 0 bridgehead atoms. The van der Waals surface area contributed by atoms with Crippen LogP contribution in [0, 0.1) is 6.92 Å². The van der Waals surface area contributed by atoms with Crippen LogP contribution in [0.2, 0.25) is 5.02 Å². The Morgan fingerprint density at radius 2 is 1.74 bits per heavy atom.